The average molecular weight is 501 g/mol. The van der Waals surface area contributed by atoms with E-state index < -0.39 is 17.7 Å². The molecule has 1 N–H and O–H groups in total. The lowest BCUT2D eigenvalue weighted by atomic mass is 9.94. The van der Waals surface area contributed by atoms with E-state index in [-0.39, 0.29) is 11.3 Å². The van der Waals surface area contributed by atoms with E-state index in [1.807, 2.05) is 38.1 Å². The maximum atomic E-state index is 13.4. The Morgan fingerprint density at radius 2 is 1.56 bits per heavy atom. The van der Waals surface area contributed by atoms with Crippen molar-refractivity contribution in [2.24, 2.45) is 0 Å². The second kappa shape index (κ2) is 9.13. The van der Waals surface area contributed by atoms with E-state index in [0.29, 0.717) is 22.0 Å². The van der Waals surface area contributed by atoms with E-state index in [0.717, 1.165) is 27.1 Å². The summed E-state index contributed by atoms with van der Waals surface area (Å²) >= 11 is 1.34. The molecule has 0 saturated carbocycles. The smallest absolute Gasteiger partial charge is 0.301 e. The normalized spacial score (nSPS) is 17.1. The number of carbonyl (C=O) groups excluding carboxylic acids is 2. The number of thiazole rings is 1. The van der Waals surface area contributed by atoms with Gasteiger partial charge in [-0.05, 0) is 60.5 Å². The standard InChI is InChI=1S/C28H24N2O5S/c1-15-16(2)36-28(29-15)30-24(17-7-10-21(34-3)11-8-17)23(26(32)27(30)33)25(31)20-6-5-19-14-22(35-4)12-9-18(19)13-20/h5-14,24,31H,1-4H3/b25-23+. The number of carbonyl (C=O) groups is 2. The largest absolute Gasteiger partial charge is 0.507 e. The van der Waals surface area contributed by atoms with Crippen LogP contribution in [0.4, 0.5) is 5.13 Å². The van der Waals surface area contributed by atoms with Gasteiger partial charge in [-0.3, -0.25) is 14.5 Å². The number of anilines is 1. The fourth-order valence-electron chi connectivity index (χ4n) is 4.34. The first-order valence-electron chi connectivity index (χ1n) is 11.3. The Balaban J connectivity index is 1.69. The Kier molecular flexibility index (Phi) is 5.97. The van der Waals surface area contributed by atoms with E-state index >= 15 is 0 Å². The van der Waals surface area contributed by atoms with Crippen LogP contribution >= 0.6 is 11.3 Å². The van der Waals surface area contributed by atoms with Crippen molar-refractivity contribution >= 4 is 44.7 Å². The monoisotopic (exact) mass is 500 g/mol. The first-order valence-corrected chi connectivity index (χ1v) is 12.1. The van der Waals surface area contributed by atoms with Gasteiger partial charge in [0.1, 0.15) is 17.3 Å². The molecule has 1 aliphatic heterocycles. The fourth-order valence-corrected chi connectivity index (χ4v) is 5.28. The summed E-state index contributed by atoms with van der Waals surface area (Å²) in [5.41, 5.74) is 1.90. The summed E-state index contributed by atoms with van der Waals surface area (Å²) in [5, 5.41) is 13.6. The van der Waals surface area contributed by atoms with Gasteiger partial charge in [0.25, 0.3) is 5.78 Å². The number of aliphatic hydroxyl groups is 1. The van der Waals surface area contributed by atoms with Crippen molar-refractivity contribution in [3.05, 3.63) is 87.9 Å². The topological polar surface area (TPSA) is 89.0 Å². The minimum absolute atomic E-state index is 0.0172. The predicted octanol–water partition coefficient (Wildman–Crippen LogP) is 5.56. The van der Waals surface area contributed by atoms with Gasteiger partial charge in [-0.25, -0.2) is 4.98 Å². The minimum Gasteiger partial charge on any atom is -0.507 e. The Bertz CT molecular complexity index is 1520. The lowest BCUT2D eigenvalue weighted by Crippen LogP contribution is -2.29. The van der Waals surface area contributed by atoms with Gasteiger partial charge in [0.15, 0.2) is 5.13 Å². The SMILES string of the molecule is COc1ccc(C2/C(=C(\O)c3ccc4cc(OC)ccc4c3)C(=O)C(=O)N2c2nc(C)c(C)s2)cc1. The molecule has 5 rings (SSSR count). The van der Waals surface area contributed by atoms with Crippen molar-refractivity contribution in [3.8, 4) is 11.5 Å². The molecule has 0 spiro atoms. The number of Topliss-reactive ketones (excluding diaryl/α,β-unsaturated/α-hetero) is 1. The summed E-state index contributed by atoms with van der Waals surface area (Å²) < 4.78 is 10.6. The number of hydrogen-bond donors (Lipinski definition) is 1. The first-order chi connectivity index (χ1) is 17.3. The highest BCUT2D eigenvalue weighted by molar-refractivity contribution is 7.16. The van der Waals surface area contributed by atoms with Crippen LogP contribution in [-0.2, 0) is 9.59 Å². The zero-order chi connectivity index (χ0) is 25.6. The molecule has 0 bridgehead atoms. The van der Waals surface area contributed by atoms with Crippen LogP contribution < -0.4 is 14.4 Å². The molecule has 36 heavy (non-hydrogen) atoms. The molecule has 1 saturated heterocycles. The van der Waals surface area contributed by atoms with Crippen LogP contribution in [0, 0.1) is 13.8 Å². The van der Waals surface area contributed by atoms with Crippen molar-refractivity contribution in [1.82, 2.24) is 4.98 Å². The third kappa shape index (κ3) is 3.89. The molecular weight excluding hydrogens is 476 g/mol. The highest BCUT2D eigenvalue weighted by Gasteiger charge is 2.48. The van der Waals surface area contributed by atoms with Crippen LogP contribution in [0.2, 0.25) is 0 Å². The van der Waals surface area contributed by atoms with Crippen LogP contribution in [-0.4, -0.2) is 36.0 Å². The summed E-state index contributed by atoms with van der Waals surface area (Å²) in [6.07, 6.45) is 0. The van der Waals surface area contributed by atoms with E-state index in [9.17, 15) is 14.7 Å². The Morgan fingerprint density at radius 1 is 0.917 bits per heavy atom. The molecule has 0 radical (unpaired) electrons. The average Bonchev–Trinajstić information content (AvgIpc) is 3.37. The maximum Gasteiger partial charge on any atom is 0.301 e. The van der Waals surface area contributed by atoms with Crippen molar-refractivity contribution in [2.45, 2.75) is 19.9 Å². The molecule has 8 heteroatoms. The van der Waals surface area contributed by atoms with Gasteiger partial charge in [-0.2, -0.15) is 0 Å². The number of aryl methyl sites for hydroxylation is 2. The number of amides is 1. The second-order valence-corrected chi connectivity index (χ2v) is 9.69. The van der Waals surface area contributed by atoms with Crippen molar-refractivity contribution in [3.63, 3.8) is 0 Å². The zero-order valence-corrected chi connectivity index (χ0v) is 21.1. The molecule has 1 unspecified atom stereocenters. The van der Waals surface area contributed by atoms with E-state index in [2.05, 4.69) is 4.98 Å². The van der Waals surface area contributed by atoms with Gasteiger partial charge >= 0.3 is 5.91 Å². The van der Waals surface area contributed by atoms with Crippen LogP contribution in [0.25, 0.3) is 16.5 Å². The minimum atomic E-state index is -0.840. The fraction of sp³-hybridized carbons (Fsp3) is 0.179. The Labute approximate surface area is 212 Å². The van der Waals surface area contributed by atoms with Crippen molar-refractivity contribution in [1.29, 1.82) is 0 Å². The van der Waals surface area contributed by atoms with Gasteiger partial charge in [-0.15, -0.1) is 11.3 Å². The number of aromatic nitrogens is 1. The van der Waals surface area contributed by atoms with E-state index in [1.54, 1.807) is 50.6 Å². The lowest BCUT2D eigenvalue weighted by Gasteiger charge is -2.23. The lowest BCUT2D eigenvalue weighted by molar-refractivity contribution is -0.132. The first kappa shape index (κ1) is 23.6. The van der Waals surface area contributed by atoms with Gasteiger partial charge in [0.2, 0.25) is 0 Å². The number of nitrogens with zero attached hydrogens (tertiary/aromatic N) is 2. The Morgan fingerprint density at radius 3 is 2.19 bits per heavy atom. The molecule has 4 aromatic rings. The number of fused-ring (bicyclic) bond motifs is 1. The molecule has 2 heterocycles. The van der Waals surface area contributed by atoms with Crippen LogP contribution in [0.1, 0.15) is 27.7 Å². The molecule has 1 aliphatic rings. The number of hydrogen-bond acceptors (Lipinski definition) is 7. The number of ketones is 1. The summed E-state index contributed by atoms with van der Waals surface area (Å²) in [6, 6.07) is 17.2. The van der Waals surface area contributed by atoms with Crippen LogP contribution in [0.15, 0.2) is 66.2 Å². The number of ether oxygens (including phenoxy) is 2. The van der Waals surface area contributed by atoms with Gasteiger partial charge in [0, 0.05) is 10.4 Å². The molecule has 1 amide bonds. The maximum absolute atomic E-state index is 13.4. The number of methoxy groups -OCH3 is 2. The molecule has 7 nitrogen and oxygen atoms in total. The van der Waals surface area contributed by atoms with Crippen LogP contribution in [0.5, 0.6) is 11.5 Å². The van der Waals surface area contributed by atoms with Crippen molar-refractivity contribution in [2.75, 3.05) is 19.1 Å². The second-order valence-electron chi connectivity index (χ2n) is 8.51. The third-order valence-electron chi connectivity index (χ3n) is 6.42. The molecule has 182 valence electrons. The highest BCUT2D eigenvalue weighted by atomic mass is 32.1. The zero-order valence-electron chi connectivity index (χ0n) is 20.2. The summed E-state index contributed by atoms with van der Waals surface area (Å²) in [4.78, 5) is 33.6. The number of aliphatic hydroxyl groups excluding tert-OH is 1. The third-order valence-corrected chi connectivity index (χ3v) is 7.49. The molecular formula is C28H24N2O5S. The van der Waals surface area contributed by atoms with Gasteiger partial charge in [0.05, 0.1) is 31.5 Å². The predicted molar refractivity (Wildman–Crippen MR) is 140 cm³/mol. The summed E-state index contributed by atoms with van der Waals surface area (Å²) in [7, 11) is 3.17. The van der Waals surface area contributed by atoms with Crippen LogP contribution in [0.3, 0.4) is 0 Å². The molecule has 3 aromatic carbocycles. The quantitative estimate of drug-likeness (QED) is 0.219. The van der Waals surface area contributed by atoms with E-state index in [1.165, 1.54) is 16.2 Å². The molecule has 1 atom stereocenters. The number of rotatable bonds is 5. The van der Waals surface area contributed by atoms with E-state index in [4.69, 9.17) is 9.47 Å². The number of benzene rings is 3. The van der Waals surface area contributed by atoms with Gasteiger partial charge < -0.3 is 14.6 Å². The molecule has 1 fully saturated rings. The molecule has 1 aromatic heterocycles. The summed E-state index contributed by atoms with van der Waals surface area (Å²) in [6.45, 7) is 3.78. The highest BCUT2D eigenvalue weighted by Crippen LogP contribution is 2.44. The van der Waals surface area contributed by atoms with Crippen molar-refractivity contribution < 1.29 is 24.2 Å². The Hall–Kier alpha value is -4.17. The van der Waals surface area contributed by atoms with Gasteiger partial charge in [-0.1, -0.05) is 30.3 Å². The summed E-state index contributed by atoms with van der Waals surface area (Å²) in [5.74, 6) is -0.357. The molecule has 0 aliphatic carbocycles.